The van der Waals surface area contributed by atoms with Gasteiger partial charge in [-0.3, -0.25) is 62.3 Å². The average molecular weight is 1130 g/mol. The van der Waals surface area contributed by atoms with Crippen LogP contribution >= 0.6 is 0 Å². The predicted octanol–water partition coefficient (Wildman–Crippen LogP) is -4.84. The van der Waals surface area contributed by atoms with Gasteiger partial charge in [0.05, 0.1) is 32.4 Å². The number of para-hydroxylation sites is 1. The maximum Gasteiger partial charge on any atom is 0.326 e. The number of rotatable bonds is 35. The number of fused-ring (bicyclic) bond motifs is 1. The minimum absolute atomic E-state index is 0.240. The van der Waals surface area contributed by atoms with Crippen LogP contribution in [0.25, 0.3) is 10.9 Å². The number of benzene rings is 1. The van der Waals surface area contributed by atoms with E-state index in [1.165, 1.54) is 33.9 Å². The van der Waals surface area contributed by atoms with Crippen molar-refractivity contribution in [2.45, 2.75) is 141 Å². The molecular weight excluding hydrogens is 1060 g/mol. The van der Waals surface area contributed by atoms with Gasteiger partial charge in [0.1, 0.15) is 54.4 Å². The monoisotopic (exact) mass is 1130 g/mol. The van der Waals surface area contributed by atoms with Crippen LogP contribution in [0.15, 0.2) is 30.5 Å². The first-order valence-electron chi connectivity index (χ1n) is 25.2. The molecule has 0 aliphatic heterocycles. The Morgan fingerprint density at radius 1 is 0.550 bits per heavy atom. The number of aliphatic carboxylic acids is 4. The third-order valence-electron chi connectivity index (χ3n) is 12.3. The summed E-state index contributed by atoms with van der Waals surface area (Å²) >= 11 is 0. The summed E-state index contributed by atoms with van der Waals surface area (Å²) in [5, 5.41) is 68.4. The molecule has 0 saturated carbocycles. The number of amides is 10. The number of carbonyl (C=O) groups excluding carboxylic acids is 10. The van der Waals surface area contributed by atoms with Crippen molar-refractivity contribution in [3.05, 3.63) is 36.0 Å². The third kappa shape index (κ3) is 21.9. The summed E-state index contributed by atoms with van der Waals surface area (Å²) in [7, 11) is 0. The molecule has 10 amide bonds. The zero-order valence-corrected chi connectivity index (χ0v) is 44.8. The highest BCUT2D eigenvalue weighted by Crippen LogP contribution is 2.20. The average Bonchev–Trinajstić information content (AvgIpc) is 3.79. The molecule has 0 saturated heterocycles. The Morgan fingerprint density at radius 2 is 1.00 bits per heavy atom. The Kier molecular flexibility index (Phi) is 27.1. The van der Waals surface area contributed by atoms with E-state index in [0.29, 0.717) is 16.5 Å². The highest BCUT2D eigenvalue weighted by molar-refractivity contribution is 6.00. The summed E-state index contributed by atoms with van der Waals surface area (Å²) in [5.41, 5.74) is 11.9. The number of nitrogens with one attached hydrogen (secondary N) is 10. The largest absolute Gasteiger partial charge is 0.481 e. The van der Waals surface area contributed by atoms with E-state index in [9.17, 15) is 92.7 Å². The minimum atomic E-state index is -1.98. The number of aliphatic hydroxyl groups excluding tert-OH is 1. The summed E-state index contributed by atoms with van der Waals surface area (Å²) in [6, 6.07) is -8.25. The third-order valence-corrected chi connectivity index (χ3v) is 12.3. The highest BCUT2D eigenvalue weighted by Gasteiger charge is 2.37. The summed E-state index contributed by atoms with van der Waals surface area (Å²) in [5.74, 6) is -19.3. The summed E-state index contributed by atoms with van der Waals surface area (Å²) in [6.07, 6.45) is -2.69. The minimum Gasteiger partial charge on any atom is -0.481 e. The summed E-state index contributed by atoms with van der Waals surface area (Å²) in [4.78, 5) is 183. The van der Waals surface area contributed by atoms with Crippen LogP contribution in [0.3, 0.4) is 0 Å². The van der Waals surface area contributed by atoms with Crippen molar-refractivity contribution < 1.29 is 92.7 Å². The zero-order chi connectivity index (χ0) is 60.7. The normalized spacial score (nSPS) is 14.9. The molecule has 31 heteroatoms. The van der Waals surface area contributed by atoms with Crippen molar-refractivity contribution in [2.75, 3.05) is 13.2 Å². The SMILES string of the molecule is CC[C@H](C)[C@H](NC(=O)CNC(=O)[C@@H](NC(=O)[C@H](CC(=O)O)NC(=O)[C@@H](N)CO)C(C)C)C(=O)N[C@@H](CCC(N)=O)C(=O)N[C@H](C(=O)N[C@@H](CC(=O)O)C(=O)N[C@@H](Cc1c[nH]c2ccccc12)C(=O)N[C@@H](CC(=O)O)C(=O)O)C(C)C. The standard InChI is InChI=1S/C49H72N12O19/c1-7-23(6)40(59-34(64)19-53-46(76)38(21(2)3)60-45(75)31(16-36(67)68)55-41(71)26(50)20-62)48(78)54-28(12-13-33(51)63)42(72)61-39(22(4)5)47(77)57-30(15-35(65)66)44(74)56-29(43(73)58-32(49(79)80)17-37(69)70)14-24-18-52-27-11-9-8-10-25(24)27/h8-11,18,21-23,26,28-32,38-40,52,62H,7,12-17,19-20,50H2,1-6H3,(H2,51,63)(H,53,76)(H,54,78)(H,55,71)(H,56,74)(H,57,77)(H,58,73)(H,59,64)(H,60,75)(H,61,72)(H,65,66)(H,67,68)(H,69,70)(H,79,80)/t23-,26-,28-,29-,30-,31-,32-,38-,39-,40-/m0/s1. The number of H-pyrrole nitrogens is 1. The maximum absolute atomic E-state index is 14.0. The van der Waals surface area contributed by atoms with Crippen LogP contribution in [0.1, 0.15) is 85.6 Å². The zero-order valence-electron chi connectivity index (χ0n) is 44.8. The van der Waals surface area contributed by atoms with Gasteiger partial charge in [-0.1, -0.05) is 66.2 Å². The van der Waals surface area contributed by atoms with Crippen molar-refractivity contribution in [3.8, 4) is 0 Å². The van der Waals surface area contributed by atoms with E-state index in [-0.39, 0.29) is 12.8 Å². The molecule has 1 aromatic carbocycles. The predicted molar refractivity (Wildman–Crippen MR) is 277 cm³/mol. The van der Waals surface area contributed by atoms with Crippen LogP contribution in [0, 0.1) is 17.8 Å². The molecule has 80 heavy (non-hydrogen) atoms. The van der Waals surface area contributed by atoms with E-state index in [2.05, 4.69) is 52.8 Å². The van der Waals surface area contributed by atoms with E-state index in [0.717, 1.165) is 0 Å². The molecule has 442 valence electrons. The van der Waals surface area contributed by atoms with Gasteiger partial charge in [0.2, 0.25) is 59.1 Å². The lowest BCUT2D eigenvalue weighted by molar-refractivity contribution is -0.147. The Morgan fingerprint density at radius 3 is 1.51 bits per heavy atom. The molecule has 2 aromatic rings. The number of aromatic nitrogens is 1. The van der Waals surface area contributed by atoms with Crippen LogP contribution in [0.5, 0.6) is 0 Å². The molecule has 0 aliphatic rings. The number of nitrogens with two attached hydrogens (primary N) is 2. The second kappa shape index (κ2) is 32.2. The number of hydrogen-bond acceptors (Lipinski definition) is 16. The molecule has 0 radical (unpaired) electrons. The highest BCUT2D eigenvalue weighted by atomic mass is 16.4. The van der Waals surface area contributed by atoms with Gasteiger partial charge in [0.25, 0.3) is 0 Å². The fourth-order valence-electron chi connectivity index (χ4n) is 7.64. The Labute approximate surface area is 457 Å². The number of carboxylic acid groups (broad SMARTS) is 4. The van der Waals surface area contributed by atoms with Gasteiger partial charge in [-0.2, -0.15) is 0 Å². The molecule has 0 spiro atoms. The van der Waals surface area contributed by atoms with Crippen molar-refractivity contribution in [3.63, 3.8) is 0 Å². The first kappa shape index (κ1) is 67.4. The molecule has 2 rings (SSSR count). The van der Waals surface area contributed by atoms with E-state index >= 15 is 0 Å². The van der Waals surface area contributed by atoms with Crippen molar-refractivity contribution >= 4 is 93.9 Å². The molecule has 0 bridgehead atoms. The van der Waals surface area contributed by atoms with Gasteiger partial charge in [-0.25, -0.2) is 4.79 Å². The second-order valence-corrected chi connectivity index (χ2v) is 19.4. The van der Waals surface area contributed by atoms with Gasteiger partial charge in [-0.05, 0) is 35.8 Å². The Hall–Kier alpha value is -8.74. The Balaban J connectivity index is 2.35. The number of carbonyl (C=O) groups is 14. The number of carboxylic acids is 4. The molecule has 1 heterocycles. The van der Waals surface area contributed by atoms with Gasteiger partial charge >= 0.3 is 23.9 Å². The van der Waals surface area contributed by atoms with E-state index in [4.69, 9.17) is 11.5 Å². The molecule has 0 aliphatic carbocycles. The van der Waals surface area contributed by atoms with Gasteiger partial charge in [0.15, 0.2) is 0 Å². The Bertz CT molecular complexity index is 2610. The quantitative estimate of drug-likeness (QED) is 0.0308. The number of primary amides is 1. The van der Waals surface area contributed by atoms with Crippen molar-refractivity contribution in [2.24, 2.45) is 29.2 Å². The van der Waals surface area contributed by atoms with Crippen LogP contribution in [0.4, 0.5) is 0 Å². The number of aromatic amines is 1. The van der Waals surface area contributed by atoms with E-state index in [1.54, 1.807) is 38.1 Å². The molecule has 10 atom stereocenters. The molecule has 31 nitrogen and oxygen atoms in total. The fourth-order valence-corrected chi connectivity index (χ4v) is 7.64. The van der Waals surface area contributed by atoms with Gasteiger partial charge in [0, 0.05) is 29.9 Å². The fraction of sp³-hybridized carbons (Fsp3) is 0.551. The van der Waals surface area contributed by atoms with Crippen LogP contribution in [0.2, 0.25) is 0 Å². The summed E-state index contributed by atoms with van der Waals surface area (Å²) < 4.78 is 0. The second-order valence-electron chi connectivity index (χ2n) is 19.4. The molecule has 0 unspecified atom stereocenters. The first-order chi connectivity index (χ1) is 37.4. The van der Waals surface area contributed by atoms with Crippen LogP contribution in [-0.4, -0.2) is 181 Å². The topological polar surface area (TPSA) is 516 Å². The van der Waals surface area contributed by atoms with E-state index in [1.807, 2.05) is 0 Å². The van der Waals surface area contributed by atoms with Gasteiger partial charge in [-0.15, -0.1) is 0 Å². The van der Waals surface area contributed by atoms with Crippen molar-refractivity contribution in [1.82, 2.24) is 52.8 Å². The molecule has 0 fully saturated rings. The molecule has 1 aromatic heterocycles. The van der Waals surface area contributed by atoms with Crippen LogP contribution in [-0.2, 0) is 73.5 Å². The number of aliphatic hydroxyl groups is 1. The molecular formula is C49H72N12O19. The van der Waals surface area contributed by atoms with Gasteiger partial charge < -0.3 is 89.8 Å². The van der Waals surface area contributed by atoms with E-state index < -0.39 is 200 Å². The maximum atomic E-state index is 14.0. The lowest BCUT2D eigenvalue weighted by atomic mass is 9.97. The van der Waals surface area contributed by atoms with Crippen molar-refractivity contribution in [1.29, 1.82) is 0 Å². The number of hydrogen-bond donors (Lipinski definition) is 17. The molecule has 19 N–H and O–H groups in total. The summed E-state index contributed by atoms with van der Waals surface area (Å²) in [6.45, 7) is 7.48. The smallest absolute Gasteiger partial charge is 0.326 e. The lowest BCUT2D eigenvalue weighted by Gasteiger charge is -2.29. The lowest BCUT2D eigenvalue weighted by Crippen LogP contribution is -2.61. The van der Waals surface area contributed by atoms with Crippen LogP contribution < -0.4 is 59.3 Å². The first-order valence-corrected chi connectivity index (χ1v) is 25.2.